The maximum absolute atomic E-state index is 10.1. The molecule has 1 atom stereocenters. The third-order valence-corrected chi connectivity index (χ3v) is 4.16. The molecule has 0 saturated carbocycles. The minimum absolute atomic E-state index is 0. The van der Waals surface area contributed by atoms with E-state index in [0.717, 1.165) is 44.9 Å². The first kappa shape index (κ1) is 22.5. The van der Waals surface area contributed by atoms with Crippen LogP contribution in [0, 0.1) is 0 Å². The molecule has 0 aliphatic carbocycles. The lowest BCUT2D eigenvalue weighted by Crippen LogP contribution is -3.00. The molecule has 2 rings (SSSR count). The van der Waals surface area contributed by atoms with Gasteiger partial charge in [0.1, 0.15) is 18.5 Å². The van der Waals surface area contributed by atoms with Gasteiger partial charge in [0, 0.05) is 32.7 Å². The molecule has 1 aromatic rings. The Balaban J connectivity index is 0.00000242. The van der Waals surface area contributed by atoms with E-state index in [1.165, 1.54) is 5.56 Å². The quantitative estimate of drug-likeness (QED) is 0.531. The summed E-state index contributed by atoms with van der Waals surface area (Å²) in [6.45, 7) is 10.8. The van der Waals surface area contributed by atoms with E-state index in [0.29, 0.717) is 13.2 Å². The van der Waals surface area contributed by atoms with Gasteiger partial charge >= 0.3 is 0 Å². The average Bonchev–Trinajstić information content (AvgIpc) is 2.54. The average molecular weight is 363 g/mol. The molecule has 0 spiro atoms. The monoisotopic (exact) mass is 362 g/mol. The minimum Gasteiger partial charge on any atom is -1.00 e. The highest BCUT2D eigenvalue weighted by Gasteiger charge is 2.18. The molecule has 6 heteroatoms. The fourth-order valence-electron chi connectivity index (χ4n) is 2.65. The van der Waals surface area contributed by atoms with Crippen LogP contribution >= 0.6 is 0 Å². The van der Waals surface area contributed by atoms with Crippen LogP contribution in [0.2, 0.25) is 0 Å². The van der Waals surface area contributed by atoms with Gasteiger partial charge in [0.2, 0.25) is 0 Å². The number of hydrogen-bond acceptors (Lipinski definition) is 4. The maximum Gasteiger partial charge on any atom is 0.119 e. The number of likely N-dealkylation sites (N-methyl/N-ethyl adjacent to an activating group) is 1. The highest BCUT2D eigenvalue weighted by Crippen LogP contribution is 2.13. The molecule has 4 nitrogen and oxygen atoms in total. The normalized spacial score (nSPS) is 17.0. The second-order valence-corrected chi connectivity index (χ2v) is 5.70. The number of aryl methyl sites for hydroxylation is 1. The van der Waals surface area contributed by atoms with Gasteiger partial charge in [0.05, 0.1) is 0 Å². The summed E-state index contributed by atoms with van der Waals surface area (Å²) in [7, 11) is 0. The summed E-state index contributed by atoms with van der Waals surface area (Å²) >= 11 is 0. The van der Waals surface area contributed by atoms with Crippen LogP contribution in [0.4, 0.5) is 0 Å². The summed E-state index contributed by atoms with van der Waals surface area (Å²) in [6, 6.07) is 8.11. The zero-order chi connectivity index (χ0) is 15.1. The number of hydrogen-bond donors (Lipinski definition) is 1. The Labute approximate surface area is 152 Å². The summed E-state index contributed by atoms with van der Waals surface area (Å²) in [5.74, 6) is 0.835. The van der Waals surface area contributed by atoms with Crippen LogP contribution in [0.1, 0.15) is 19.4 Å². The van der Waals surface area contributed by atoms with E-state index in [-0.39, 0.29) is 24.8 Å². The van der Waals surface area contributed by atoms with E-state index in [1.807, 2.05) is 12.1 Å². The summed E-state index contributed by atoms with van der Waals surface area (Å²) in [4.78, 5) is 4.76. The number of piperazine rings is 1. The Morgan fingerprint density at radius 2 is 1.57 bits per heavy atom. The van der Waals surface area contributed by atoms with Crippen molar-refractivity contribution in [3.63, 3.8) is 0 Å². The topological polar surface area (TPSA) is 35.9 Å². The van der Waals surface area contributed by atoms with Crippen molar-refractivity contribution in [2.24, 2.45) is 0 Å². The summed E-state index contributed by atoms with van der Waals surface area (Å²) in [6.07, 6.45) is 0.608. The molecule has 1 aliphatic rings. The minimum atomic E-state index is -0.427. The smallest absolute Gasteiger partial charge is 0.119 e. The molecule has 134 valence electrons. The third-order valence-electron chi connectivity index (χ3n) is 4.16. The molecular formula is C17H28Cl2N2O2-2. The molecule has 1 heterocycles. The van der Waals surface area contributed by atoms with Crippen molar-refractivity contribution in [2.45, 2.75) is 26.4 Å². The van der Waals surface area contributed by atoms with Crippen molar-refractivity contribution in [1.82, 2.24) is 9.80 Å². The molecule has 0 aromatic heterocycles. The molecule has 0 radical (unpaired) electrons. The summed E-state index contributed by atoms with van der Waals surface area (Å²) in [5, 5.41) is 10.1. The van der Waals surface area contributed by atoms with Crippen LogP contribution in [-0.4, -0.2) is 66.9 Å². The highest BCUT2D eigenvalue weighted by atomic mass is 35.5. The van der Waals surface area contributed by atoms with Crippen molar-refractivity contribution in [1.29, 1.82) is 0 Å². The van der Waals surface area contributed by atoms with Crippen LogP contribution in [0.5, 0.6) is 5.75 Å². The molecule has 1 aliphatic heterocycles. The predicted octanol–water partition coefficient (Wildman–Crippen LogP) is -4.37. The largest absolute Gasteiger partial charge is 1.00 e. The van der Waals surface area contributed by atoms with Crippen LogP contribution in [0.3, 0.4) is 0 Å². The fourth-order valence-corrected chi connectivity index (χ4v) is 2.65. The lowest BCUT2D eigenvalue weighted by molar-refractivity contribution is -0.001000. The van der Waals surface area contributed by atoms with Crippen molar-refractivity contribution in [2.75, 3.05) is 45.9 Å². The van der Waals surface area contributed by atoms with Gasteiger partial charge in [-0.1, -0.05) is 26.0 Å². The standard InChI is InChI=1S/C17H28N2O2.2ClH/c1-3-15-5-7-17(8-6-15)21-14-16(20)13-19-11-9-18(4-2)10-12-19;;/h5-8,16,20H,3-4,9-14H2,1-2H3;2*1H/p-2. The number of nitrogens with zero attached hydrogens (tertiary/aromatic N) is 2. The van der Waals surface area contributed by atoms with Crippen molar-refractivity contribution in [3.05, 3.63) is 29.8 Å². The summed E-state index contributed by atoms with van der Waals surface area (Å²) in [5.41, 5.74) is 1.30. The highest BCUT2D eigenvalue weighted by molar-refractivity contribution is 5.27. The fraction of sp³-hybridized carbons (Fsp3) is 0.647. The van der Waals surface area contributed by atoms with Gasteiger partial charge in [-0.05, 0) is 30.7 Å². The Morgan fingerprint density at radius 3 is 2.09 bits per heavy atom. The molecule has 0 amide bonds. The molecule has 1 unspecified atom stereocenters. The van der Waals surface area contributed by atoms with Gasteiger partial charge in [-0.25, -0.2) is 0 Å². The van der Waals surface area contributed by atoms with E-state index >= 15 is 0 Å². The first-order valence-electron chi connectivity index (χ1n) is 8.05. The zero-order valence-corrected chi connectivity index (χ0v) is 15.6. The number of ether oxygens (including phenoxy) is 1. The zero-order valence-electron chi connectivity index (χ0n) is 14.0. The van der Waals surface area contributed by atoms with Crippen LogP contribution < -0.4 is 29.6 Å². The van der Waals surface area contributed by atoms with Gasteiger partial charge < -0.3 is 39.6 Å². The number of benzene rings is 1. The lowest BCUT2D eigenvalue weighted by Gasteiger charge is -2.34. The SMILES string of the molecule is CCc1ccc(OCC(O)CN2CCN(CC)CC2)cc1.[Cl-].[Cl-]. The molecule has 1 fully saturated rings. The number of β-amino-alcohol motifs (C(OH)–C–C–N with tert-alkyl or cyclic N) is 1. The van der Waals surface area contributed by atoms with Crippen LogP contribution in [-0.2, 0) is 6.42 Å². The Bertz CT molecular complexity index is 410. The van der Waals surface area contributed by atoms with Crippen molar-refractivity contribution < 1.29 is 34.7 Å². The van der Waals surface area contributed by atoms with Crippen molar-refractivity contribution in [3.8, 4) is 5.75 Å². The maximum atomic E-state index is 10.1. The Morgan fingerprint density at radius 1 is 1.00 bits per heavy atom. The first-order valence-corrected chi connectivity index (χ1v) is 8.05. The predicted molar refractivity (Wildman–Crippen MR) is 85.9 cm³/mol. The molecule has 1 N–H and O–H groups in total. The van der Waals surface area contributed by atoms with Gasteiger partial charge in [-0.15, -0.1) is 0 Å². The van der Waals surface area contributed by atoms with E-state index in [4.69, 9.17) is 4.74 Å². The van der Waals surface area contributed by atoms with Crippen molar-refractivity contribution >= 4 is 0 Å². The second-order valence-electron chi connectivity index (χ2n) is 5.70. The van der Waals surface area contributed by atoms with E-state index in [1.54, 1.807) is 0 Å². The van der Waals surface area contributed by atoms with Crippen LogP contribution in [0.15, 0.2) is 24.3 Å². The van der Waals surface area contributed by atoms with E-state index in [9.17, 15) is 5.11 Å². The van der Waals surface area contributed by atoms with Gasteiger partial charge in [-0.3, -0.25) is 4.90 Å². The number of rotatable bonds is 7. The molecule has 0 bridgehead atoms. The molecule has 23 heavy (non-hydrogen) atoms. The Hall–Kier alpha value is -0.520. The Kier molecular flexibility index (Phi) is 11.7. The molecular weight excluding hydrogens is 335 g/mol. The summed E-state index contributed by atoms with van der Waals surface area (Å²) < 4.78 is 5.66. The first-order chi connectivity index (χ1) is 10.2. The van der Waals surface area contributed by atoms with Gasteiger partial charge in [-0.2, -0.15) is 0 Å². The number of halogens is 2. The second kappa shape index (κ2) is 11.9. The van der Waals surface area contributed by atoms with Gasteiger partial charge in [0.25, 0.3) is 0 Å². The molecule has 1 saturated heterocycles. The van der Waals surface area contributed by atoms with E-state index < -0.39 is 6.10 Å². The number of aliphatic hydroxyl groups excluding tert-OH is 1. The van der Waals surface area contributed by atoms with E-state index in [2.05, 4.69) is 35.8 Å². The third kappa shape index (κ3) is 7.73. The van der Waals surface area contributed by atoms with Crippen LogP contribution in [0.25, 0.3) is 0 Å². The van der Waals surface area contributed by atoms with Gasteiger partial charge in [0.15, 0.2) is 0 Å². The number of aliphatic hydroxyl groups is 1. The molecule has 1 aromatic carbocycles. The lowest BCUT2D eigenvalue weighted by atomic mass is 10.2.